The summed E-state index contributed by atoms with van der Waals surface area (Å²) >= 11 is 0. The molecule has 2 rings (SSSR count). The number of hydrogen-bond donors (Lipinski definition) is 1. The molecule has 6 nitrogen and oxygen atoms in total. The van der Waals surface area contributed by atoms with Crippen molar-refractivity contribution < 1.29 is 27.8 Å². The first kappa shape index (κ1) is 18.1. The summed E-state index contributed by atoms with van der Waals surface area (Å²) in [6.45, 7) is 2.07. The first-order valence-corrected chi connectivity index (χ1v) is 7.22. The lowest BCUT2D eigenvalue weighted by atomic mass is 10.2. The zero-order valence-corrected chi connectivity index (χ0v) is 13.5. The van der Waals surface area contributed by atoms with E-state index in [1.165, 1.54) is 26.4 Å². The fourth-order valence-corrected chi connectivity index (χ4v) is 2.34. The molecule has 0 aliphatic rings. The lowest BCUT2D eigenvalue weighted by Crippen LogP contribution is -2.28. The maximum absolute atomic E-state index is 13.1. The fourth-order valence-electron chi connectivity index (χ4n) is 2.34. The van der Waals surface area contributed by atoms with Crippen molar-refractivity contribution >= 4 is 16.7 Å². The third kappa shape index (κ3) is 3.45. The van der Waals surface area contributed by atoms with E-state index in [2.05, 4.69) is 9.97 Å². The Kier molecular flexibility index (Phi) is 5.33. The number of benzene rings is 1. The van der Waals surface area contributed by atoms with Crippen LogP contribution < -0.4 is 14.4 Å². The highest BCUT2D eigenvalue weighted by Gasteiger charge is 2.36. The summed E-state index contributed by atoms with van der Waals surface area (Å²) in [6.07, 6.45) is -4.69. The topological polar surface area (TPSA) is 67.7 Å². The summed E-state index contributed by atoms with van der Waals surface area (Å²) in [7, 11) is 2.82. The number of rotatable bonds is 6. The summed E-state index contributed by atoms with van der Waals surface area (Å²) in [4.78, 5) is 8.83. The van der Waals surface area contributed by atoms with E-state index in [1.54, 1.807) is 11.8 Å². The van der Waals surface area contributed by atoms with Crippen LogP contribution in [0.2, 0.25) is 0 Å². The van der Waals surface area contributed by atoms with Crippen LogP contribution in [-0.4, -0.2) is 49.0 Å². The smallest absolute Gasteiger partial charge is 0.451 e. The van der Waals surface area contributed by atoms with Gasteiger partial charge in [0.1, 0.15) is 5.82 Å². The van der Waals surface area contributed by atoms with Crippen molar-refractivity contribution in [2.75, 3.05) is 38.8 Å². The van der Waals surface area contributed by atoms with Crippen molar-refractivity contribution in [3.63, 3.8) is 0 Å². The Labute approximate surface area is 136 Å². The Balaban J connectivity index is 2.79. The summed E-state index contributed by atoms with van der Waals surface area (Å²) < 4.78 is 49.7. The molecule has 1 aromatic heterocycles. The normalized spacial score (nSPS) is 11.6. The van der Waals surface area contributed by atoms with E-state index in [0.29, 0.717) is 17.7 Å². The van der Waals surface area contributed by atoms with Gasteiger partial charge in [-0.15, -0.1) is 0 Å². The summed E-state index contributed by atoms with van der Waals surface area (Å²) in [6, 6.07) is 2.91. The quantitative estimate of drug-likeness (QED) is 0.868. The standard InChI is InChI=1S/C15H18F3N3O3/c1-4-21(5-6-22)13-9-7-11(23-2)12(24-3)8-10(9)19-14(20-13)15(16,17)18/h7-8,22H,4-6H2,1-3H3. The second-order valence-electron chi connectivity index (χ2n) is 4.90. The molecule has 0 spiro atoms. The first-order chi connectivity index (χ1) is 11.3. The Hall–Kier alpha value is -2.29. The number of fused-ring (bicyclic) bond motifs is 1. The molecule has 0 bridgehead atoms. The third-order valence-electron chi connectivity index (χ3n) is 3.49. The molecule has 0 fully saturated rings. The highest BCUT2D eigenvalue weighted by Crippen LogP contribution is 2.37. The number of alkyl halides is 3. The molecule has 2 aromatic rings. The van der Waals surface area contributed by atoms with Gasteiger partial charge in [0, 0.05) is 24.5 Å². The molecular formula is C15H18F3N3O3. The van der Waals surface area contributed by atoms with Crippen LogP contribution in [0.25, 0.3) is 10.9 Å². The zero-order chi connectivity index (χ0) is 17.9. The maximum atomic E-state index is 13.1. The number of hydrogen-bond acceptors (Lipinski definition) is 6. The molecule has 0 saturated heterocycles. The first-order valence-electron chi connectivity index (χ1n) is 7.22. The lowest BCUT2D eigenvalue weighted by Gasteiger charge is -2.23. The highest BCUT2D eigenvalue weighted by molar-refractivity contribution is 5.92. The predicted octanol–water partition coefficient (Wildman–Crippen LogP) is 2.48. The minimum atomic E-state index is -4.69. The number of aliphatic hydroxyl groups is 1. The van der Waals surface area contributed by atoms with Crippen LogP contribution in [0.3, 0.4) is 0 Å². The number of anilines is 1. The molecule has 0 aliphatic carbocycles. The number of methoxy groups -OCH3 is 2. The van der Waals surface area contributed by atoms with Gasteiger partial charge in [-0.05, 0) is 13.0 Å². The van der Waals surface area contributed by atoms with Crippen LogP contribution in [0.4, 0.5) is 19.0 Å². The predicted molar refractivity (Wildman–Crippen MR) is 82.6 cm³/mol. The summed E-state index contributed by atoms with van der Waals surface area (Å²) in [5.41, 5.74) is 0.0846. The van der Waals surface area contributed by atoms with E-state index < -0.39 is 12.0 Å². The Morgan fingerprint density at radius 2 is 1.75 bits per heavy atom. The fraction of sp³-hybridized carbons (Fsp3) is 0.467. The zero-order valence-electron chi connectivity index (χ0n) is 13.5. The lowest BCUT2D eigenvalue weighted by molar-refractivity contribution is -0.144. The van der Waals surface area contributed by atoms with Crippen molar-refractivity contribution in [1.82, 2.24) is 9.97 Å². The molecule has 1 heterocycles. The van der Waals surface area contributed by atoms with Crippen molar-refractivity contribution in [2.45, 2.75) is 13.1 Å². The maximum Gasteiger partial charge on any atom is 0.451 e. The van der Waals surface area contributed by atoms with Crippen LogP contribution in [0.5, 0.6) is 11.5 Å². The van der Waals surface area contributed by atoms with E-state index in [1.807, 2.05) is 0 Å². The minimum Gasteiger partial charge on any atom is -0.493 e. The minimum absolute atomic E-state index is 0.0846. The molecule has 1 aromatic carbocycles. The van der Waals surface area contributed by atoms with Gasteiger partial charge in [0.2, 0.25) is 5.82 Å². The van der Waals surface area contributed by atoms with Crippen molar-refractivity contribution in [3.05, 3.63) is 18.0 Å². The molecule has 0 amide bonds. The van der Waals surface area contributed by atoms with Gasteiger partial charge in [-0.1, -0.05) is 0 Å². The largest absolute Gasteiger partial charge is 0.493 e. The molecule has 0 atom stereocenters. The number of ether oxygens (including phenoxy) is 2. The van der Waals surface area contributed by atoms with Crippen LogP contribution in [0.1, 0.15) is 12.7 Å². The van der Waals surface area contributed by atoms with Gasteiger partial charge in [-0.2, -0.15) is 13.2 Å². The molecule has 9 heteroatoms. The van der Waals surface area contributed by atoms with Gasteiger partial charge in [0.05, 0.1) is 26.3 Å². The van der Waals surface area contributed by atoms with Gasteiger partial charge in [-0.25, -0.2) is 9.97 Å². The number of aliphatic hydroxyl groups excluding tert-OH is 1. The van der Waals surface area contributed by atoms with Gasteiger partial charge in [0.25, 0.3) is 0 Å². The average molecular weight is 345 g/mol. The number of nitrogens with zero attached hydrogens (tertiary/aromatic N) is 3. The van der Waals surface area contributed by atoms with Crippen molar-refractivity contribution in [2.24, 2.45) is 0 Å². The van der Waals surface area contributed by atoms with Gasteiger partial charge < -0.3 is 19.5 Å². The number of aromatic nitrogens is 2. The van der Waals surface area contributed by atoms with Crippen LogP contribution in [0.15, 0.2) is 12.1 Å². The molecule has 1 N–H and O–H groups in total. The molecule has 24 heavy (non-hydrogen) atoms. The van der Waals surface area contributed by atoms with Gasteiger partial charge >= 0.3 is 6.18 Å². The van der Waals surface area contributed by atoms with Crippen LogP contribution in [-0.2, 0) is 6.18 Å². The van der Waals surface area contributed by atoms with Crippen molar-refractivity contribution in [3.8, 4) is 11.5 Å². The summed E-state index contributed by atoms with van der Waals surface area (Å²) in [5, 5.41) is 9.55. The number of halogens is 3. The molecule has 0 saturated carbocycles. The molecule has 132 valence electrons. The van der Waals surface area contributed by atoms with Crippen LogP contribution >= 0.6 is 0 Å². The Morgan fingerprint density at radius 1 is 1.12 bits per heavy atom. The second kappa shape index (κ2) is 7.08. The SMILES string of the molecule is CCN(CCO)c1nc(C(F)(F)F)nc2cc(OC)c(OC)cc12. The van der Waals surface area contributed by atoms with E-state index in [0.717, 1.165) is 0 Å². The van der Waals surface area contributed by atoms with Crippen LogP contribution in [0, 0.1) is 0 Å². The molecule has 0 aliphatic heterocycles. The Morgan fingerprint density at radius 3 is 2.25 bits per heavy atom. The van der Waals surface area contributed by atoms with E-state index in [-0.39, 0.29) is 30.2 Å². The third-order valence-corrected chi connectivity index (χ3v) is 3.49. The van der Waals surface area contributed by atoms with Crippen molar-refractivity contribution in [1.29, 1.82) is 0 Å². The summed E-state index contributed by atoms with van der Waals surface area (Å²) in [5.74, 6) is -0.527. The average Bonchev–Trinajstić information content (AvgIpc) is 2.56. The van der Waals surface area contributed by atoms with Gasteiger partial charge in [0.15, 0.2) is 11.5 Å². The molecular weight excluding hydrogens is 327 g/mol. The molecule has 0 unspecified atom stereocenters. The number of likely N-dealkylation sites (N-methyl/N-ethyl adjacent to an activating group) is 1. The van der Waals surface area contributed by atoms with E-state index >= 15 is 0 Å². The second-order valence-corrected chi connectivity index (χ2v) is 4.90. The van der Waals surface area contributed by atoms with E-state index in [4.69, 9.17) is 14.6 Å². The Bertz CT molecular complexity index is 722. The van der Waals surface area contributed by atoms with Gasteiger partial charge in [-0.3, -0.25) is 0 Å². The highest BCUT2D eigenvalue weighted by atomic mass is 19.4. The monoisotopic (exact) mass is 345 g/mol. The van der Waals surface area contributed by atoms with E-state index in [9.17, 15) is 13.2 Å². The molecule has 0 radical (unpaired) electrons.